The Hall–Kier alpha value is -0.160. The first-order valence-electron chi connectivity index (χ1n) is 7.60. The van der Waals surface area contributed by atoms with Crippen molar-refractivity contribution in [2.75, 3.05) is 59.0 Å². The maximum atomic E-state index is 5.44. The quantitative estimate of drug-likeness (QED) is 0.780. The van der Waals surface area contributed by atoms with Crippen molar-refractivity contribution in [2.24, 2.45) is 5.92 Å². The molecule has 2 fully saturated rings. The first kappa shape index (κ1) is 14.3. The fraction of sp³-hybridized carbons (Fsp3) is 1.00. The van der Waals surface area contributed by atoms with Gasteiger partial charge < -0.3 is 10.1 Å². The van der Waals surface area contributed by atoms with Crippen LogP contribution in [0.15, 0.2) is 0 Å². The van der Waals surface area contributed by atoms with Crippen LogP contribution >= 0.6 is 0 Å². The molecule has 2 heterocycles. The molecule has 4 heteroatoms. The number of likely N-dealkylation sites (N-methyl/N-ethyl adjacent to an activating group) is 1. The summed E-state index contributed by atoms with van der Waals surface area (Å²) in [5.41, 5.74) is 0. The molecule has 0 aromatic carbocycles. The van der Waals surface area contributed by atoms with Gasteiger partial charge in [-0.05, 0) is 32.0 Å². The minimum atomic E-state index is 0.719. The van der Waals surface area contributed by atoms with Gasteiger partial charge in [-0.15, -0.1) is 0 Å². The fourth-order valence-electron chi connectivity index (χ4n) is 3.34. The number of hydrogen-bond donors (Lipinski definition) is 1. The second kappa shape index (κ2) is 7.43. The number of piperidine rings is 1. The molecule has 2 atom stereocenters. The molecule has 18 heavy (non-hydrogen) atoms. The number of nitrogens with one attached hydrogen (secondary N) is 1. The van der Waals surface area contributed by atoms with Gasteiger partial charge >= 0.3 is 0 Å². The highest BCUT2D eigenvalue weighted by Gasteiger charge is 2.30. The lowest BCUT2D eigenvalue weighted by atomic mass is 9.90. The van der Waals surface area contributed by atoms with Crippen LogP contribution in [0.2, 0.25) is 0 Å². The van der Waals surface area contributed by atoms with Crippen LogP contribution in [0.4, 0.5) is 0 Å². The highest BCUT2D eigenvalue weighted by molar-refractivity contribution is 4.87. The standard InChI is InChI=1S/C14H29N3O/c1-3-17(4-2)14-11-15-6-5-13(14)12-16-7-9-18-10-8-16/h13-15H,3-12H2,1-2H3. The Morgan fingerprint density at radius 2 is 1.94 bits per heavy atom. The molecule has 0 amide bonds. The van der Waals surface area contributed by atoms with Crippen molar-refractivity contribution in [3.8, 4) is 0 Å². The number of morpholine rings is 1. The molecule has 0 bridgehead atoms. The van der Waals surface area contributed by atoms with E-state index in [0.717, 1.165) is 44.8 Å². The lowest BCUT2D eigenvalue weighted by Gasteiger charge is -2.42. The summed E-state index contributed by atoms with van der Waals surface area (Å²) in [4.78, 5) is 5.22. The van der Waals surface area contributed by atoms with E-state index >= 15 is 0 Å². The van der Waals surface area contributed by atoms with Crippen LogP contribution in [-0.2, 0) is 4.74 Å². The fourth-order valence-corrected chi connectivity index (χ4v) is 3.34. The summed E-state index contributed by atoms with van der Waals surface area (Å²) in [5.74, 6) is 0.823. The summed E-state index contributed by atoms with van der Waals surface area (Å²) >= 11 is 0. The van der Waals surface area contributed by atoms with Gasteiger partial charge in [-0.1, -0.05) is 13.8 Å². The van der Waals surface area contributed by atoms with E-state index in [9.17, 15) is 0 Å². The Labute approximate surface area is 112 Å². The Kier molecular flexibility index (Phi) is 5.89. The molecule has 2 aliphatic rings. The highest BCUT2D eigenvalue weighted by atomic mass is 16.5. The zero-order valence-electron chi connectivity index (χ0n) is 12.0. The SMILES string of the molecule is CCN(CC)C1CNCCC1CN1CCOCC1. The smallest absolute Gasteiger partial charge is 0.0594 e. The van der Waals surface area contributed by atoms with Crippen molar-refractivity contribution < 1.29 is 4.74 Å². The van der Waals surface area contributed by atoms with Crippen molar-refractivity contribution in [1.82, 2.24) is 15.1 Å². The first-order chi connectivity index (χ1) is 8.85. The Bertz CT molecular complexity index is 227. The van der Waals surface area contributed by atoms with Crippen LogP contribution in [0, 0.1) is 5.92 Å². The molecule has 2 aliphatic heterocycles. The maximum absolute atomic E-state index is 5.44. The van der Waals surface area contributed by atoms with E-state index in [0.29, 0.717) is 0 Å². The van der Waals surface area contributed by atoms with Crippen molar-refractivity contribution in [3.05, 3.63) is 0 Å². The Balaban J connectivity index is 1.89. The van der Waals surface area contributed by atoms with Crippen LogP contribution in [0.25, 0.3) is 0 Å². The third kappa shape index (κ3) is 3.67. The van der Waals surface area contributed by atoms with Crippen molar-refractivity contribution in [3.63, 3.8) is 0 Å². The summed E-state index contributed by atoms with van der Waals surface area (Å²) in [7, 11) is 0. The van der Waals surface area contributed by atoms with Gasteiger partial charge in [-0.2, -0.15) is 0 Å². The second-order valence-corrected chi connectivity index (χ2v) is 5.45. The van der Waals surface area contributed by atoms with Crippen LogP contribution < -0.4 is 5.32 Å². The van der Waals surface area contributed by atoms with E-state index in [1.54, 1.807) is 0 Å². The van der Waals surface area contributed by atoms with E-state index in [1.165, 1.54) is 32.6 Å². The summed E-state index contributed by atoms with van der Waals surface area (Å²) in [5, 5.41) is 3.57. The average Bonchev–Trinajstić information content (AvgIpc) is 2.43. The van der Waals surface area contributed by atoms with E-state index in [4.69, 9.17) is 4.74 Å². The van der Waals surface area contributed by atoms with E-state index in [-0.39, 0.29) is 0 Å². The van der Waals surface area contributed by atoms with E-state index in [2.05, 4.69) is 29.0 Å². The summed E-state index contributed by atoms with van der Waals surface area (Å²) in [6, 6.07) is 0.719. The molecule has 0 radical (unpaired) electrons. The first-order valence-corrected chi connectivity index (χ1v) is 7.60. The number of nitrogens with zero attached hydrogens (tertiary/aromatic N) is 2. The van der Waals surface area contributed by atoms with Crippen molar-refractivity contribution >= 4 is 0 Å². The predicted molar refractivity (Wildman–Crippen MR) is 74.9 cm³/mol. The average molecular weight is 255 g/mol. The number of hydrogen-bond acceptors (Lipinski definition) is 4. The van der Waals surface area contributed by atoms with Gasteiger partial charge in [0.25, 0.3) is 0 Å². The normalized spacial score (nSPS) is 30.8. The Morgan fingerprint density at radius 1 is 1.22 bits per heavy atom. The molecular formula is C14H29N3O. The third-order valence-electron chi connectivity index (χ3n) is 4.47. The molecule has 0 spiro atoms. The van der Waals surface area contributed by atoms with Gasteiger partial charge in [0, 0.05) is 32.2 Å². The zero-order valence-corrected chi connectivity index (χ0v) is 12.0. The minimum absolute atomic E-state index is 0.719. The van der Waals surface area contributed by atoms with Crippen LogP contribution in [0.1, 0.15) is 20.3 Å². The van der Waals surface area contributed by atoms with Crippen LogP contribution in [0.3, 0.4) is 0 Å². The molecule has 2 unspecified atom stereocenters. The molecule has 106 valence electrons. The van der Waals surface area contributed by atoms with Crippen molar-refractivity contribution in [1.29, 1.82) is 0 Å². The van der Waals surface area contributed by atoms with Crippen molar-refractivity contribution in [2.45, 2.75) is 26.3 Å². The van der Waals surface area contributed by atoms with Crippen LogP contribution in [0.5, 0.6) is 0 Å². The molecule has 0 aromatic heterocycles. The summed E-state index contributed by atoms with van der Waals surface area (Å²) < 4.78 is 5.44. The minimum Gasteiger partial charge on any atom is -0.379 e. The van der Waals surface area contributed by atoms with Gasteiger partial charge in [0.05, 0.1) is 13.2 Å². The van der Waals surface area contributed by atoms with Gasteiger partial charge in [0.15, 0.2) is 0 Å². The van der Waals surface area contributed by atoms with Gasteiger partial charge in [-0.25, -0.2) is 0 Å². The second-order valence-electron chi connectivity index (χ2n) is 5.45. The molecular weight excluding hydrogens is 226 g/mol. The van der Waals surface area contributed by atoms with Gasteiger partial charge in [0.2, 0.25) is 0 Å². The van der Waals surface area contributed by atoms with Gasteiger partial charge in [0.1, 0.15) is 0 Å². The molecule has 0 aliphatic carbocycles. The topological polar surface area (TPSA) is 27.7 Å². The van der Waals surface area contributed by atoms with Crippen LogP contribution in [-0.4, -0.2) is 74.9 Å². The predicted octanol–water partition coefficient (Wildman–Crippen LogP) is 0.639. The molecule has 2 saturated heterocycles. The monoisotopic (exact) mass is 255 g/mol. The third-order valence-corrected chi connectivity index (χ3v) is 4.47. The van der Waals surface area contributed by atoms with E-state index in [1.807, 2.05) is 0 Å². The number of ether oxygens (including phenoxy) is 1. The molecule has 0 aromatic rings. The zero-order chi connectivity index (χ0) is 12.8. The number of rotatable bonds is 5. The summed E-state index contributed by atoms with van der Waals surface area (Å²) in [6.07, 6.45) is 1.32. The molecule has 4 nitrogen and oxygen atoms in total. The molecule has 0 saturated carbocycles. The lowest BCUT2D eigenvalue weighted by Crippen LogP contribution is -2.54. The van der Waals surface area contributed by atoms with E-state index < -0.39 is 0 Å². The van der Waals surface area contributed by atoms with Gasteiger partial charge in [-0.3, -0.25) is 9.80 Å². The molecule has 1 N–H and O–H groups in total. The largest absolute Gasteiger partial charge is 0.379 e. The lowest BCUT2D eigenvalue weighted by molar-refractivity contribution is 0.0156. The summed E-state index contributed by atoms with van der Waals surface area (Å²) in [6.45, 7) is 14.6. The highest BCUT2D eigenvalue weighted by Crippen LogP contribution is 2.20. The maximum Gasteiger partial charge on any atom is 0.0594 e. The Morgan fingerprint density at radius 3 is 2.61 bits per heavy atom. The molecule has 2 rings (SSSR count).